The first-order valence-corrected chi connectivity index (χ1v) is 7.88. The number of morpholine rings is 1. The first kappa shape index (κ1) is 14.8. The summed E-state index contributed by atoms with van der Waals surface area (Å²) < 4.78 is 5.26. The second kappa shape index (κ2) is 7.85. The van der Waals surface area contributed by atoms with Gasteiger partial charge in [-0.2, -0.15) is 0 Å². The smallest absolute Gasteiger partial charge is 0.236 e. The van der Waals surface area contributed by atoms with Crippen LogP contribution < -0.4 is 5.32 Å². The highest BCUT2D eigenvalue weighted by molar-refractivity contribution is 5.78. The monoisotopic (exact) mass is 268 g/mol. The van der Waals surface area contributed by atoms with Gasteiger partial charge >= 0.3 is 0 Å². The van der Waals surface area contributed by atoms with Crippen molar-refractivity contribution in [2.45, 2.75) is 51.5 Å². The van der Waals surface area contributed by atoms with Crippen molar-refractivity contribution in [3.05, 3.63) is 0 Å². The molecule has 0 spiro atoms. The zero-order valence-electron chi connectivity index (χ0n) is 12.2. The Morgan fingerprint density at radius 1 is 1.21 bits per heavy atom. The number of carbonyl (C=O) groups excluding carboxylic acids is 1. The molecule has 0 bridgehead atoms. The molecule has 0 aromatic heterocycles. The number of nitrogens with one attached hydrogen (secondary N) is 1. The summed E-state index contributed by atoms with van der Waals surface area (Å²) >= 11 is 0. The van der Waals surface area contributed by atoms with E-state index in [9.17, 15) is 4.79 Å². The van der Waals surface area contributed by atoms with Crippen molar-refractivity contribution in [2.24, 2.45) is 5.92 Å². The fourth-order valence-corrected chi connectivity index (χ4v) is 3.22. The fraction of sp³-hybridized carbons (Fsp3) is 0.933. The summed E-state index contributed by atoms with van der Waals surface area (Å²) in [5, 5.41) is 3.45. The Hall–Kier alpha value is -0.610. The van der Waals surface area contributed by atoms with Gasteiger partial charge in [-0.3, -0.25) is 4.79 Å². The first-order chi connectivity index (χ1) is 9.29. The third kappa shape index (κ3) is 4.77. The lowest BCUT2D eigenvalue weighted by Gasteiger charge is -2.31. The molecule has 0 aromatic carbocycles. The van der Waals surface area contributed by atoms with Gasteiger partial charge in [0.1, 0.15) is 0 Å². The van der Waals surface area contributed by atoms with Crippen molar-refractivity contribution in [2.75, 3.05) is 32.8 Å². The summed E-state index contributed by atoms with van der Waals surface area (Å²) in [4.78, 5) is 13.9. The van der Waals surface area contributed by atoms with Crippen LogP contribution in [-0.2, 0) is 9.53 Å². The van der Waals surface area contributed by atoms with E-state index in [0.717, 1.165) is 19.0 Å². The molecule has 2 aliphatic rings. The van der Waals surface area contributed by atoms with E-state index in [0.29, 0.717) is 25.8 Å². The average molecular weight is 268 g/mol. The van der Waals surface area contributed by atoms with Crippen LogP contribution in [0.15, 0.2) is 0 Å². The molecule has 4 heteroatoms. The maximum Gasteiger partial charge on any atom is 0.236 e. The molecule has 4 nitrogen and oxygen atoms in total. The van der Waals surface area contributed by atoms with E-state index >= 15 is 0 Å². The van der Waals surface area contributed by atoms with Crippen molar-refractivity contribution >= 4 is 5.91 Å². The van der Waals surface area contributed by atoms with Crippen molar-refractivity contribution in [3.8, 4) is 0 Å². The van der Waals surface area contributed by atoms with E-state index in [1.54, 1.807) is 0 Å². The minimum Gasteiger partial charge on any atom is -0.378 e. The van der Waals surface area contributed by atoms with Crippen molar-refractivity contribution in [1.29, 1.82) is 0 Å². The van der Waals surface area contributed by atoms with Crippen LogP contribution in [0.4, 0.5) is 0 Å². The molecule has 110 valence electrons. The van der Waals surface area contributed by atoms with Crippen LogP contribution in [0, 0.1) is 5.92 Å². The largest absolute Gasteiger partial charge is 0.378 e. The van der Waals surface area contributed by atoms with E-state index in [-0.39, 0.29) is 5.91 Å². The van der Waals surface area contributed by atoms with E-state index < -0.39 is 0 Å². The van der Waals surface area contributed by atoms with E-state index in [2.05, 4.69) is 12.2 Å². The quantitative estimate of drug-likeness (QED) is 0.826. The standard InChI is InChI=1S/C15H28N2O2/c1-2-3-13-4-6-14(7-5-13)16-12-15(18)17-8-10-19-11-9-17/h13-14,16H,2-12H2,1H3. The van der Waals surface area contributed by atoms with Gasteiger partial charge in [0.25, 0.3) is 0 Å². The van der Waals surface area contributed by atoms with Gasteiger partial charge in [0.05, 0.1) is 19.8 Å². The molecule has 1 aliphatic heterocycles. The lowest BCUT2D eigenvalue weighted by Crippen LogP contribution is -2.46. The molecule has 2 rings (SSSR count). The Morgan fingerprint density at radius 3 is 2.53 bits per heavy atom. The number of ether oxygens (including phenoxy) is 1. The maximum absolute atomic E-state index is 12.0. The van der Waals surface area contributed by atoms with Gasteiger partial charge in [0, 0.05) is 19.1 Å². The highest BCUT2D eigenvalue weighted by atomic mass is 16.5. The molecule has 1 aliphatic carbocycles. The van der Waals surface area contributed by atoms with E-state index in [1.165, 1.54) is 38.5 Å². The minimum atomic E-state index is 0.235. The van der Waals surface area contributed by atoms with Crippen LogP contribution in [0.5, 0.6) is 0 Å². The fourth-order valence-electron chi connectivity index (χ4n) is 3.22. The molecule has 1 heterocycles. The Morgan fingerprint density at radius 2 is 1.89 bits per heavy atom. The minimum absolute atomic E-state index is 0.235. The average Bonchev–Trinajstić information content (AvgIpc) is 2.47. The van der Waals surface area contributed by atoms with Crippen molar-refractivity contribution in [1.82, 2.24) is 10.2 Å². The summed E-state index contributed by atoms with van der Waals surface area (Å²) in [6.45, 7) is 5.66. The van der Waals surface area contributed by atoms with E-state index in [1.807, 2.05) is 4.90 Å². The summed E-state index contributed by atoms with van der Waals surface area (Å²) in [6.07, 6.45) is 7.81. The van der Waals surface area contributed by atoms with Gasteiger partial charge in [-0.1, -0.05) is 19.8 Å². The van der Waals surface area contributed by atoms with Crippen LogP contribution in [0.3, 0.4) is 0 Å². The molecule has 1 saturated heterocycles. The highest BCUT2D eigenvalue weighted by Crippen LogP contribution is 2.27. The second-order valence-electron chi connectivity index (χ2n) is 5.88. The second-order valence-corrected chi connectivity index (χ2v) is 5.88. The predicted octanol–water partition coefficient (Wildman–Crippen LogP) is 1.79. The molecule has 0 radical (unpaired) electrons. The zero-order valence-corrected chi connectivity index (χ0v) is 12.2. The number of nitrogens with zero attached hydrogens (tertiary/aromatic N) is 1. The molecule has 19 heavy (non-hydrogen) atoms. The predicted molar refractivity (Wildman–Crippen MR) is 76.1 cm³/mol. The number of rotatable bonds is 5. The van der Waals surface area contributed by atoms with Gasteiger partial charge in [0.15, 0.2) is 0 Å². The van der Waals surface area contributed by atoms with Gasteiger partial charge in [0.2, 0.25) is 5.91 Å². The Labute approximate surface area is 116 Å². The number of amides is 1. The number of hydrogen-bond acceptors (Lipinski definition) is 3. The Balaban J connectivity index is 1.61. The molecule has 1 amide bonds. The van der Waals surface area contributed by atoms with Crippen LogP contribution in [0.25, 0.3) is 0 Å². The van der Waals surface area contributed by atoms with Crippen LogP contribution in [0.2, 0.25) is 0 Å². The van der Waals surface area contributed by atoms with Crippen LogP contribution in [0.1, 0.15) is 45.4 Å². The lowest BCUT2D eigenvalue weighted by molar-refractivity contribution is -0.134. The topological polar surface area (TPSA) is 41.6 Å². The third-order valence-corrected chi connectivity index (χ3v) is 4.45. The number of carbonyl (C=O) groups is 1. The van der Waals surface area contributed by atoms with Gasteiger partial charge < -0.3 is 15.0 Å². The van der Waals surface area contributed by atoms with Crippen molar-refractivity contribution in [3.63, 3.8) is 0 Å². The molecule has 1 saturated carbocycles. The Bertz CT molecular complexity index is 269. The summed E-state index contributed by atoms with van der Waals surface area (Å²) in [6, 6.07) is 0.554. The summed E-state index contributed by atoms with van der Waals surface area (Å²) in [5.41, 5.74) is 0. The van der Waals surface area contributed by atoms with Gasteiger partial charge in [-0.05, 0) is 31.6 Å². The SMILES string of the molecule is CCCC1CCC(NCC(=O)N2CCOCC2)CC1. The lowest BCUT2D eigenvalue weighted by atomic mass is 9.83. The first-order valence-electron chi connectivity index (χ1n) is 7.88. The molecule has 0 aromatic rings. The Kier molecular flexibility index (Phi) is 6.11. The normalized spacial score (nSPS) is 28.4. The molecular formula is C15H28N2O2. The molecule has 1 N–H and O–H groups in total. The van der Waals surface area contributed by atoms with Gasteiger partial charge in [-0.15, -0.1) is 0 Å². The molecule has 0 unspecified atom stereocenters. The highest BCUT2D eigenvalue weighted by Gasteiger charge is 2.22. The van der Waals surface area contributed by atoms with Crippen LogP contribution >= 0.6 is 0 Å². The maximum atomic E-state index is 12.0. The summed E-state index contributed by atoms with van der Waals surface area (Å²) in [7, 11) is 0. The number of hydrogen-bond donors (Lipinski definition) is 1. The van der Waals surface area contributed by atoms with E-state index in [4.69, 9.17) is 4.74 Å². The summed E-state index contributed by atoms with van der Waals surface area (Å²) in [5.74, 6) is 1.16. The third-order valence-electron chi connectivity index (χ3n) is 4.45. The van der Waals surface area contributed by atoms with Gasteiger partial charge in [-0.25, -0.2) is 0 Å². The zero-order chi connectivity index (χ0) is 13.5. The molecule has 2 fully saturated rings. The van der Waals surface area contributed by atoms with Crippen molar-refractivity contribution < 1.29 is 9.53 Å². The van der Waals surface area contributed by atoms with Crippen LogP contribution in [-0.4, -0.2) is 49.7 Å². The molecule has 0 atom stereocenters. The molecular weight excluding hydrogens is 240 g/mol.